The zero-order chi connectivity index (χ0) is 31.5. The van der Waals surface area contributed by atoms with Crippen LogP contribution in [-0.4, -0.2) is 66.7 Å². The molecular weight excluding hydrogens is 580 g/mol. The number of para-hydroxylation sites is 1. The van der Waals surface area contributed by atoms with E-state index in [0.29, 0.717) is 24.2 Å². The minimum atomic E-state index is -4.67. The molecule has 2 heterocycles. The van der Waals surface area contributed by atoms with Gasteiger partial charge in [0.1, 0.15) is 5.75 Å². The van der Waals surface area contributed by atoms with E-state index < -0.39 is 24.1 Å². The Morgan fingerprint density at radius 1 is 1.02 bits per heavy atom. The number of anilines is 4. The van der Waals surface area contributed by atoms with Gasteiger partial charge in [-0.25, -0.2) is 9.97 Å². The summed E-state index contributed by atoms with van der Waals surface area (Å²) >= 11 is 0. The van der Waals surface area contributed by atoms with E-state index in [1.807, 2.05) is 19.0 Å². The first-order valence-electron chi connectivity index (χ1n) is 12.7. The fourth-order valence-corrected chi connectivity index (χ4v) is 4.27. The van der Waals surface area contributed by atoms with Crippen LogP contribution in [0.4, 0.5) is 49.4 Å². The fraction of sp³-hybridized carbons (Fsp3) is 0.250. The van der Waals surface area contributed by atoms with Crippen LogP contribution in [0.25, 0.3) is 22.2 Å². The fourth-order valence-electron chi connectivity index (χ4n) is 4.27. The van der Waals surface area contributed by atoms with Crippen LogP contribution in [0.5, 0.6) is 5.75 Å². The Morgan fingerprint density at radius 3 is 2.40 bits per heavy atom. The average Bonchev–Trinajstić information content (AvgIpc) is 3.36. The lowest BCUT2D eigenvalue weighted by Crippen LogP contribution is -2.29. The number of nitrogens with one attached hydrogen (secondary N) is 2. The van der Waals surface area contributed by atoms with Crippen molar-refractivity contribution < 1.29 is 35.9 Å². The number of ether oxygens (including phenoxy) is 1. The zero-order valence-electron chi connectivity index (χ0n) is 23.4. The quantitative estimate of drug-likeness (QED) is 0.161. The number of fused-ring (bicyclic) bond motifs is 1. The third kappa shape index (κ3) is 6.99. The number of hydrogen-bond acceptors (Lipinski definition) is 7. The Balaban J connectivity index is 1.76. The number of likely N-dealkylation sites (N-methyl/N-ethyl adjacent to an activating group) is 2. The molecule has 0 unspecified atom stereocenters. The van der Waals surface area contributed by atoms with Crippen molar-refractivity contribution in [3.05, 3.63) is 66.8 Å². The van der Waals surface area contributed by atoms with Gasteiger partial charge in [-0.2, -0.15) is 13.2 Å². The van der Waals surface area contributed by atoms with Gasteiger partial charge in [-0.15, -0.1) is 13.2 Å². The normalized spacial score (nSPS) is 11.5. The monoisotopic (exact) mass is 607 g/mol. The van der Waals surface area contributed by atoms with Crippen LogP contribution in [-0.2, 0) is 11.1 Å². The van der Waals surface area contributed by atoms with Crippen LogP contribution < -0.4 is 20.3 Å². The number of carbonyl (C=O) groups is 1. The summed E-state index contributed by atoms with van der Waals surface area (Å²) in [6.45, 7) is 1.03. The zero-order valence-corrected chi connectivity index (χ0v) is 23.4. The molecule has 0 aliphatic rings. The Hall–Kier alpha value is -4.79. The van der Waals surface area contributed by atoms with Crippen LogP contribution >= 0.6 is 0 Å². The second kappa shape index (κ2) is 12.6. The van der Waals surface area contributed by atoms with Crippen molar-refractivity contribution in [3.8, 4) is 17.0 Å². The van der Waals surface area contributed by atoms with Crippen molar-refractivity contribution in [1.82, 2.24) is 19.4 Å². The molecule has 0 aliphatic carbocycles. The molecule has 9 nitrogen and oxygen atoms in total. The second-order valence-electron chi connectivity index (χ2n) is 9.61. The van der Waals surface area contributed by atoms with E-state index in [4.69, 9.17) is 4.74 Å². The molecule has 2 aromatic carbocycles. The van der Waals surface area contributed by atoms with Crippen molar-refractivity contribution in [2.45, 2.75) is 6.30 Å². The van der Waals surface area contributed by atoms with Gasteiger partial charge in [0.2, 0.25) is 5.95 Å². The van der Waals surface area contributed by atoms with Gasteiger partial charge in [0, 0.05) is 49.5 Å². The van der Waals surface area contributed by atoms with Crippen molar-refractivity contribution in [2.24, 2.45) is 0 Å². The predicted molar refractivity (Wildman–Crippen MR) is 151 cm³/mol. The maximum Gasteiger partial charge on any atom is 0.488 e. The van der Waals surface area contributed by atoms with E-state index in [0.717, 1.165) is 6.20 Å². The largest absolute Gasteiger partial charge is 0.494 e. The van der Waals surface area contributed by atoms with Crippen molar-refractivity contribution >= 4 is 39.8 Å². The van der Waals surface area contributed by atoms with E-state index >= 15 is 0 Å². The van der Waals surface area contributed by atoms with Crippen molar-refractivity contribution in [3.63, 3.8) is 0 Å². The van der Waals surface area contributed by atoms with Gasteiger partial charge in [-0.3, -0.25) is 9.36 Å². The summed E-state index contributed by atoms with van der Waals surface area (Å²) in [4.78, 5) is 24.3. The van der Waals surface area contributed by atoms with Crippen LogP contribution in [0.2, 0.25) is 0 Å². The van der Waals surface area contributed by atoms with Gasteiger partial charge < -0.3 is 25.2 Å². The highest BCUT2D eigenvalue weighted by atomic mass is 19.4. The molecule has 0 saturated carbocycles. The van der Waals surface area contributed by atoms with Gasteiger partial charge in [0.15, 0.2) is 0 Å². The lowest BCUT2D eigenvalue weighted by molar-refractivity contribution is -0.200. The van der Waals surface area contributed by atoms with Crippen molar-refractivity contribution in [1.29, 1.82) is 0 Å². The standard InChI is InChI=1S/C28H27F6N7O2/c1-39(2)11-12-40(3)22-14-23(43-4)20(13-19(22)36-26(42)24(29)25(30)31)38-27-35-10-9-18(37-27)17-15-41(28(32,33)34)21-8-6-5-7-16(17)21/h5-10,13-15H,11-12H2,1-4H3,(H,36,42)(H,35,37,38). The lowest BCUT2D eigenvalue weighted by Gasteiger charge is -2.26. The minimum absolute atomic E-state index is 0.0321. The van der Waals surface area contributed by atoms with E-state index in [-0.39, 0.29) is 44.4 Å². The number of amides is 1. The first-order chi connectivity index (χ1) is 20.3. The molecule has 2 N–H and O–H groups in total. The number of hydrogen-bond donors (Lipinski definition) is 2. The number of rotatable bonds is 10. The maximum atomic E-state index is 13.7. The molecule has 0 spiro atoms. The van der Waals surface area contributed by atoms with Crippen LogP contribution in [0.15, 0.2) is 66.8 Å². The van der Waals surface area contributed by atoms with E-state index in [1.54, 1.807) is 24.1 Å². The second-order valence-corrected chi connectivity index (χ2v) is 9.61. The third-order valence-electron chi connectivity index (χ3n) is 6.39. The molecule has 15 heteroatoms. The summed E-state index contributed by atoms with van der Waals surface area (Å²) in [5, 5.41) is 5.36. The number of halogens is 6. The molecule has 0 atom stereocenters. The number of nitrogens with zero attached hydrogens (tertiary/aromatic N) is 5. The van der Waals surface area contributed by atoms with Gasteiger partial charge >= 0.3 is 12.4 Å². The van der Waals surface area contributed by atoms with E-state index in [2.05, 4.69) is 20.6 Å². The Bertz CT molecular complexity index is 1670. The molecule has 1 amide bonds. The van der Waals surface area contributed by atoms with E-state index in [9.17, 15) is 31.1 Å². The summed E-state index contributed by atoms with van der Waals surface area (Å²) in [5.74, 6) is -3.72. The Morgan fingerprint density at radius 2 is 1.74 bits per heavy atom. The van der Waals surface area contributed by atoms with Gasteiger partial charge in [-0.05, 0) is 32.3 Å². The summed E-state index contributed by atoms with van der Waals surface area (Å²) in [7, 11) is 6.76. The highest BCUT2D eigenvalue weighted by Gasteiger charge is 2.33. The van der Waals surface area contributed by atoms with Crippen molar-refractivity contribution in [2.75, 3.05) is 56.9 Å². The molecule has 4 aromatic rings. The highest BCUT2D eigenvalue weighted by molar-refractivity contribution is 6.05. The number of aromatic nitrogens is 3. The molecule has 228 valence electrons. The SMILES string of the molecule is COc1cc(N(C)CCN(C)C)c(NC(=O)C(F)=C(F)F)cc1Nc1nccc(-c2cn(C(F)(F)F)c3ccccc23)n1. The van der Waals surface area contributed by atoms with Crippen LogP contribution in [0.1, 0.15) is 0 Å². The topological polar surface area (TPSA) is 87.5 Å². The van der Waals surface area contributed by atoms with Gasteiger partial charge in [0.25, 0.3) is 11.7 Å². The Kier molecular flexibility index (Phi) is 9.13. The minimum Gasteiger partial charge on any atom is -0.494 e. The molecule has 0 radical (unpaired) electrons. The molecule has 0 bridgehead atoms. The summed E-state index contributed by atoms with van der Waals surface area (Å²) in [6, 6.07) is 10.3. The molecule has 2 aromatic heterocycles. The van der Waals surface area contributed by atoms with Crippen LogP contribution in [0, 0.1) is 0 Å². The first-order valence-corrected chi connectivity index (χ1v) is 12.7. The summed E-state index contributed by atoms with van der Waals surface area (Å²) < 4.78 is 86.1. The molecule has 4 rings (SSSR count). The average molecular weight is 608 g/mol. The third-order valence-corrected chi connectivity index (χ3v) is 6.39. The molecule has 0 aliphatic heterocycles. The Labute approximate surface area is 242 Å². The lowest BCUT2D eigenvalue weighted by atomic mass is 10.1. The number of carbonyl (C=O) groups excluding carboxylic acids is 1. The number of alkyl halides is 3. The maximum absolute atomic E-state index is 13.7. The number of methoxy groups -OCH3 is 1. The molecule has 0 saturated heterocycles. The summed E-state index contributed by atoms with van der Waals surface area (Å²) in [6.07, 6.45) is -5.16. The summed E-state index contributed by atoms with van der Waals surface area (Å²) in [5.41, 5.74) is 0.777. The molecular formula is C28H27F6N7O2. The van der Waals surface area contributed by atoms with Gasteiger partial charge in [0.05, 0.1) is 35.4 Å². The van der Waals surface area contributed by atoms with Gasteiger partial charge in [-0.1, -0.05) is 18.2 Å². The molecule has 43 heavy (non-hydrogen) atoms. The smallest absolute Gasteiger partial charge is 0.488 e. The molecule has 0 fully saturated rings. The first kappa shape index (κ1) is 31.2. The van der Waals surface area contributed by atoms with Crippen LogP contribution in [0.3, 0.4) is 0 Å². The number of benzene rings is 2. The predicted octanol–water partition coefficient (Wildman–Crippen LogP) is 6.34. The highest BCUT2D eigenvalue weighted by Crippen LogP contribution is 2.39. The van der Waals surface area contributed by atoms with E-state index in [1.165, 1.54) is 43.6 Å².